The smallest absolute Gasteiger partial charge is 0.317 e. The minimum Gasteiger partial charge on any atom is -0.489 e. The number of carboxylic acids is 1. The van der Waals surface area contributed by atoms with Crippen LogP contribution >= 0.6 is 0 Å². The summed E-state index contributed by atoms with van der Waals surface area (Å²) < 4.78 is 18.7. The summed E-state index contributed by atoms with van der Waals surface area (Å²) >= 11 is 0. The lowest BCUT2D eigenvalue weighted by molar-refractivity contribution is -0.149. The fourth-order valence-corrected chi connectivity index (χ4v) is 3.79. The minimum absolute atomic E-state index is 0.0374. The van der Waals surface area contributed by atoms with Gasteiger partial charge in [0.2, 0.25) is 0 Å². The molecule has 1 aliphatic heterocycles. The number of carbonyl (C=O) groups is 2. The Balaban J connectivity index is 1.47. The number of hydrogen-bond acceptors (Lipinski definition) is 3. The van der Waals surface area contributed by atoms with Crippen LogP contribution in [0.25, 0.3) is 0 Å². The molecule has 7 heteroatoms. The molecule has 0 unspecified atom stereocenters. The number of hydrogen-bond donors (Lipinski definition) is 2. The van der Waals surface area contributed by atoms with Crippen molar-refractivity contribution < 1.29 is 23.8 Å². The molecular weight excluding hydrogens is 315 g/mol. The average Bonchev–Trinajstić information content (AvgIpc) is 3.11. The molecule has 1 aliphatic carbocycles. The maximum atomic E-state index is 13.4. The molecule has 24 heavy (non-hydrogen) atoms. The number of fused-ring (bicyclic) bond motifs is 1. The monoisotopic (exact) mass is 336 g/mol. The molecule has 3 rings (SSSR count). The summed E-state index contributed by atoms with van der Waals surface area (Å²) in [5.41, 5.74) is -0.777. The van der Waals surface area contributed by atoms with Crippen LogP contribution in [0.2, 0.25) is 0 Å². The Morgan fingerprint density at radius 2 is 2.21 bits per heavy atom. The number of rotatable bonds is 5. The van der Waals surface area contributed by atoms with Gasteiger partial charge in [-0.15, -0.1) is 0 Å². The molecule has 6 nitrogen and oxygen atoms in total. The van der Waals surface area contributed by atoms with E-state index in [1.54, 1.807) is 17.0 Å². The highest BCUT2D eigenvalue weighted by Gasteiger charge is 2.55. The highest BCUT2D eigenvalue weighted by Crippen LogP contribution is 2.48. The van der Waals surface area contributed by atoms with E-state index in [1.165, 1.54) is 12.1 Å². The number of carboxylic acid groups (broad SMARTS) is 1. The number of nitrogens with zero attached hydrogens (tertiary/aromatic N) is 1. The number of para-hydroxylation sites is 1. The van der Waals surface area contributed by atoms with Crippen molar-refractivity contribution in [2.45, 2.75) is 19.3 Å². The number of halogens is 1. The third-order valence-electron chi connectivity index (χ3n) is 5.06. The Hall–Kier alpha value is -2.31. The van der Waals surface area contributed by atoms with Crippen molar-refractivity contribution in [3.63, 3.8) is 0 Å². The van der Waals surface area contributed by atoms with Gasteiger partial charge >= 0.3 is 12.0 Å². The fourth-order valence-electron chi connectivity index (χ4n) is 3.79. The average molecular weight is 336 g/mol. The second-order valence-corrected chi connectivity index (χ2v) is 6.44. The van der Waals surface area contributed by atoms with Crippen LogP contribution in [0.5, 0.6) is 5.75 Å². The number of urea groups is 1. The van der Waals surface area contributed by atoms with Crippen molar-refractivity contribution in [1.82, 2.24) is 10.2 Å². The first-order valence-corrected chi connectivity index (χ1v) is 8.16. The number of carbonyl (C=O) groups excluding carboxylic acids is 1. The predicted molar refractivity (Wildman–Crippen MR) is 84.3 cm³/mol. The van der Waals surface area contributed by atoms with Crippen LogP contribution in [0, 0.1) is 17.2 Å². The zero-order valence-electron chi connectivity index (χ0n) is 13.3. The second kappa shape index (κ2) is 6.67. The fraction of sp³-hybridized carbons (Fsp3) is 0.529. The van der Waals surface area contributed by atoms with Gasteiger partial charge in [-0.3, -0.25) is 4.79 Å². The van der Waals surface area contributed by atoms with E-state index >= 15 is 0 Å². The summed E-state index contributed by atoms with van der Waals surface area (Å²) in [5, 5.41) is 12.2. The van der Waals surface area contributed by atoms with Gasteiger partial charge in [0.05, 0.1) is 12.0 Å². The summed E-state index contributed by atoms with van der Waals surface area (Å²) in [7, 11) is 0. The third kappa shape index (κ3) is 3.02. The summed E-state index contributed by atoms with van der Waals surface area (Å²) in [6.07, 6.45) is 2.39. The first kappa shape index (κ1) is 16.5. The molecule has 2 atom stereocenters. The molecule has 0 radical (unpaired) electrons. The van der Waals surface area contributed by atoms with E-state index in [2.05, 4.69) is 5.32 Å². The molecule has 0 spiro atoms. The first-order valence-electron chi connectivity index (χ1n) is 8.16. The maximum Gasteiger partial charge on any atom is 0.317 e. The Morgan fingerprint density at radius 3 is 2.92 bits per heavy atom. The first-order chi connectivity index (χ1) is 11.5. The zero-order chi connectivity index (χ0) is 17.2. The van der Waals surface area contributed by atoms with Crippen molar-refractivity contribution in [1.29, 1.82) is 0 Å². The van der Waals surface area contributed by atoms with Gasteiger partial charge in [0, 0.05) is 13.1 Å². The Bertz CT molecular complexity index is 639. The number of benzene rings is 1. The molecule has 1 aromatic carbocycles. The zero-order valence-corrected chi connectivity index (χ0v) is 13.3. The summed E-state index contributed by atoms with van der Waals surface area (Å²) in [5.74, 6) is -1.06. The highest BCUT2D eigenvalue weighted by molar-refractivity contribution is 5.80. The van der Waals surface area contributed by atoms with Crippen molar-refractivity contribution in [3.8, 4) is 5.75 Å². The molecule has 2 N–H and O–H groups in total. The molecule has 1 aromatic rings. The molecule has 1 saturated carbocycles. The van der Waals surface area contributed by atoms with E-state index in [4.69, 9.17) is 4.74 Å². The van der Waals surface area contributed by atoms with Crippen LogP contribution in [-0.4, -0.2) is 48.2 Å². The SMILES string of the molecule is O=C(NCCOc1ccccc1F)N1C[C@@H]2CCC[C@@]2(C(=O)O)C1. The van der Waals surface area contributed by atoms with Crippen LogP contribution in [0.1, 0.15) is 19.3 Å². The van der Waals surface area contributed by atoms with E-state index < -0.39 is 17.2 Å². The molecule has 1 saturated heterocycles. The molecule has 130 valence electrons. The number of amides is 2. The molecule has 1 heterocycles. The van der Waals surface area contributed by atoms with Crippen LogP contribution in [0.15, 0.2) is 24.3 Å². The van der Waals surface area contributed by atoms with Crippen molar-refractivity contribution in [2.24, 2.45) is 11.3 Å². The van der Waals surface area contributed by atoms with Gasteiger partial charge in [-0.05, 0) is 30.9 Å². The normalized spacial score (nSPS) is 25.4. The molecule has 0 aromatic heterocycles. The van der Waals surface area contributed by atoms with Gasteiger partial charge < -0.3 is 20.1 Å². The van der Waals surface area contributed by atoms with Gasteiger partial charge in [0.1, 0.15) is 6.61 Å². The van der Waals surface area contributed by atoms with Crippen LogP contribution in [-0.2, 0) is 4.79 Å². The Labute approximate surface area is 139 Å². The lowest BCUT2D eigenvalue weighted by Crippen LogP contribution is -2.42. The molecule has 0 bridgehead atoms. The Kier molecular flexibility index (Phi) is 4.59. The molecule has 2 aliphatic rings. The van der Waals surface area contributed by atoms with Crippen LogP contribution in [0.3, 0.4) is 0 Å². The van der Waals surface area contributed by atoms with Crippen LogP contribution in [0.4, 0.5) is 9.18 Å². The summed E-state index contributed by atoms with van der Waals surface area (Å²) in [4.78, 5) is 25.4. The van der Waals surface area contributed by atoms with Gasteiger partial charge in [-0.2, -0.15) is 0 Å². The number of aliphatic carboxylic acids is 1. The van der Waals surface area contributed by atoms with E-state index in [0.29, 0.717) is 13.0 Å². The van der Waals surface area contributed by atoms with E-state index in [0.717, 1.165) is 12.8 Å². The van der Waals surface area contributed by atoms with E-state index in [1.807, 2.05) is 0 Å². The minimum atomic E-state index is -0.803. The quantitative estimate of drug-likeness (QED) is 0.807. The van der Waals surface area contributed by atoms with E-state index in [9.17, 15) is 19.1 Å². The molecule has 2 amide bonds. The molecule has 2 fully saturated rings. The maximum absolute atomic E-state index is 13.4. The number of likely N-dealkylation sites (tertiary alicyclic amines) is 1. The van der Waals surface area contributed by atoms with Gasteiger partial charge in [0.15, 0.2) is 11.6 Å². The standard InChI is InChI=1S/C17H21FN2O4/c18-13-5-1-2-6-14(13)24-9-8-19-16(23)20-10-12-4-3-7-17(12,11-20)15(21)22/h1-2,5-6,12H,3-4,7-11H2,(H,19,23)(H,21,22)/t12-,17+/m0/s1. The summed E-state index contributed by atoms with van der Waals surface area (Å²) in [6, 6.07) is 5.79. The topological polar surface area (TPSA) is 78.9 Å². The van der Waals surface area contributed by atoms with Crippen LogP contribution < -0.4 is 10.1 Å². The van der Waals surface area contributed by atoms with Crippen molar-refractivity contribution >= 4 is 12.0 Å². The summed E-state index contributed by atoms with van der Waals surface area (Å²) in [6.45, 7) is 1.11. The van der Waals surface area contributed by atoms with Gasteiger partial charge in [0.25, 0.3) is 0 Å². The highest BCUT2D eigenvalue weighted by atomic mass is 19.1. The van der Waals surface area contributed by atoms with E-state index in [-0.39, 0.29) is 37.4 Å². The Morgan fingerprint density at radius 1 is 1.42 bits per heavy atom. The molecular formula is C17H21FN2O4. The number of ether oxygens (including phenoxy) is 1. The number of nitrogens with one attached hydrogen (secondary N) is 1. The lowest BCUT2D eigenvalue weighted by atomic mass is 9.81. The van der Waals surface area contributed by atoms with Crippen molar-refractivity contribution in [3.05, 3.63) is 30.1 Å². The van der Waals surface area contributed by atoms with Crippen molar-refractivity contribution in [2.75, 3.05) is 26.2 Å². The second-order valence-electron chi connectivity index (χ2n) is 6.44. The van der Waals surface area contributed by atoms with Gasteiger partial charge in [-0.1, -0.05) is 18.6 Å². The predicted octanol–water partition coefficient (Wildman–Crippen LogP) is 2.10. The third-order valence-corrected chi connectivity index (χ3v) is 5.06. The largest absolute Gasteiger partial charge is 0.489 e. The van der Waals surface area contributed by atoms with Gasteiger partial charge in [-0.25, -0.2) is 9.18 Å². The lowest BCUT2D eigenvalue weighted by Gasteiger charge is -2.23.